The second-order valence-corrected chi connectivity index (χ2v) is 8.46. The summed E-state index contributed by atoms with van der Waals surface area (Å²) >= 11 is 1.47. The third-order valence-corrected chi connectivity index (χ3v) is 6.19. The van der Waals surface area contributed by atoms with Crippen LogP contribution in [0.2, 0.25) is 0 Å². The van der Waals surface area contributed by atoms with Crippen molar-refractivity contribution in [2.75, 3.05) is 11.1 Å². The van der Waals surface area contributed by atoms with Crippen LogP contribution >= 0.6 is 11.3 Å². The molecule has 5 aromatic rings. The Morgan fingerprint density at radius 1 is 1.00 bits per heavy atom. The highest BCUT2D eigenvalue weighted by Gasteiger charge is 2.13. The number of aryl methyl sites for hydroxylation is 2. The molecular weight excluding hydrogens is 406 g/mol. The van der Waals surface area contributed by atoms with Crippen LogP contribution in [-0.4, -0.2) is 20.9 Å². The molecule has 0 atom stereocenters. The van der Waals surface area contributed by atoms with Gasteiger partial charge in [-0.3, -0.25) is 10.1 Å². The van der Waals surface area contributed by atoms with E-state index >= 15 is 0 Å². The zero-order valence-corrected chi connectivity index (χ0v) is 17.8. The number of amides is 1. The van der Waals surface area contributed by atoms with Crippen molar-refractivity contribution in [1.29, 1.82) is 0 Å². The van der Waals surface area contributed by atoms with Gasteiger partial charge in [0, 0.05) is 17.1 Å². The predicted octanol–water partition coefficient (Wildman–Crippen LogP) is 5.36. The van der Waals surface area contributed by atoms with Gasteiger partial charge in [0.2, 0.25) is 5.95 Å². The molecule has 0 aliphatic rings. The smallest absolute Gasteiger partial charge is 0.257 e. The van der Waals surface area contributed by atoms with Crippen molar-refractivity contribution < 1.29 is 4.79 Å². The van der Waals surface area contributed by atoms with Gasteiger partial charge in [0.1, 0.15) is 0 Å². The zero-order valence-electron chi connectivity index (χ0n) is 17.0. The summed E-state index contributed by atoms with van der Waals surface area (Å²) in [5.74, 6) is 0.0648. The van der Waals surface area contributed by atoms with Crippen LogP contribution in [0.4, 0.5) is 11.1 Å². The summed E-state index contributed by atoms with van der Waals surface area (Å²) < 4.78 is 1.05. The highest BCUT2D eigenvalue weighted by Crippen LogP contribution is 2.30. The third-order valence-electron chi connectivity index (χ3n) is 5.25. The number of nitrogens with one attached hydrogen (secondary N) is 1. The Balaban J connectivity index is 1.48. The van der Waals surface area contributed by atoms with Crippen LogP contribution in [0.1, 0.15) is 21.5 Å². The van der Waals surface area contributed by atoms with E-state index in [2.05, 4.69) is 20.3 Å². The lowest BCUT2D eigenvalue weighted by Gasteiger charge is -2.10. The monoisotopic (exact) mass is 425 g/mol. The number of carbonyl (C=O) groups excluding carboxylic acids is 1. The topological polar surface area (TPSA) is 93.8 Å². The van der Waals surface area contributed by atoms with Crippen molar-refractivity contribution in [3.63, 3.8) is 0 Å². The van der Waals surface area contributed by atoms with Crippen molar-refractivity contribution in [3.8, 4) is 11.1 Å². The largest absolute Gasteiger partial charge is 0.368 e. The van der Waals surface area contributed by atoms with E-state index in [0.29, 0.717) is 10.7 Å². The maximum atomic E-state index is 12.9. The van der Waals surface area contributed by atoms with Crippen LogP contribution in [0.3, 0.4) is 0 Å². The molecule has 31 heavy (non-hydrogen) atoms. The normalized spacial score (nSPS) is 11.2. The summed E-state index contributed by atoms with van der Waals surface area (Å²) in [5.41, 5.74) is 12.1. The van der Waals surface area contributed by atoms with Crippen molar-refractivity contribution in [3.05, 3.63) is 77.5 Å². The SMILES string of the molecule is Cc1ccc(C(=O)Nc2nc3c(C)cccc3s2)cc1-c1ccc2nc(N)ncc2c1. The molecule has 0 aliphatic carbocycles. The Labute approximate surface area is 182 Å². The van der Waals surface area contributed by atoms with Crippen LogP contribution in [0.25, 0.3) is 32.2 Å². The van der Waals surface area contributed by atoms with Gasteiger partial charge < -0.3 is 5.73 Å². The van der Waals surface area contributed by atoms with Gasteiger partial charge in [-0.25, -0.2) is 15.0 Å². The van der Waals surface area contributed by atoms with Crippen LogP contribution in [0, 0.1) is 13.8 Å². The van der Waals surface area contributed by atoms with E-state index in [1.807, 2.05) is 68.4 Å². The molecule has 0 saturated carbocycles. The minimum Gasteiger partial charge on any atom is -0.368 e. The molecule has 152 valence electrons. The Morgan fingerprint density at radius 2 is 1.87 bits per heavy atom. The second-order valence-electron chi connectivity index (χ2n) is 7.43. The van der Waals surface area contributed by atoms with E-state index in [9.17, 15) is 4.79 Å². The number of aromatic nitrogens is 3. The van der Waals surface area contributed by atoms with Crippen LogP contribution in [0.5, 0.6) is 0 Å². The van der Waals surface area contributed by atoms with Gasteiger partial charge in [0.05, 0.1) is 15.7 Å². The number of benzene rings is 3. The molecule has 0 radical (unpaired) electrons. The summed E-state index contributed by atoms with van der Waals surface area (Å²) in [6.45, 7) is 4.04. The Bertz CT molecular complexity index is 1470. The number of nitrogen functional groups attached to an aromatic ring is 1. The Kier molecular flexibility index (Phi) is 4.60. The van der Waals surface area contributed by atoms with Crippen molar-refractivity contribution >= 4 is 49.4 Å². The molecule has 0 saturated heterocycles. The van der Waals surface area contributed by atoms with Crippen LogP contribution in [0.15, 0.2) is 60.8 Å². The summed E-state index contributed by atoms with van der Waals surface area (Å²) in [4.78, 5) is 25.8. The molecule has 1 amide bonds. The lowest BCUT2D eigenvalue weighted by molar-refractivity contribution is 0.102. The lowest BCUT2D eigenvalue weighted by atomic mass is 9.97. The fourth-order valence-electron chi connectivity index (χ4n) is 3.60. The molecule has 2 heterocycles. The van der Waals surface area contributed by atoms with E-state index in [1.165, 1.54) is 11.3 Å². The fraction of sp³-hybridized carbons (Fsp3) is 0.0833. The first-order chi connectivity index (χ1) is 15.0. The summed E-state index contributed by atoms with van der Waals surface area (Å²) in [7, 11) is 0. The van der Waals surface area contributed by atoms with Crippen molar-refractivity contribution in [2.45, 2.75) is 13.8 Å². The first-order valence-electron chi connectivity index (χ1n) is 9.79. The molecule has 0 unspecified atom stereocenters. The average molecular weight is 426 g/mol. The van der Waals surface area contributed by atoms with Crippen LogP contribution in [-0.2, 0) is 0 Å². The lowest BCUT2D eigenvalue weighted by Crippen LogP contribution is -2.11. The highest BCUT2D eigenvalue weighted by atomic mass is 32.1. The Hall–Kier alpha value is -3.84. The number of anilines is 2. The van der Waals surface area contributed by atoms with E-state index in [0.717, 1.165) is 43.4 Å². The molecule has 0 aliphatic heterocycles. The highest BCUT2D eigenvalue weighted by molar-refractivity contribution is 7.22. The second kappa shape index (κ2) is 7.45. The quantitative estimate of drug-likeness (QED) is 0.406. The molecule has 3 aromatic carbocycles. The van der Waals surface area contributed by atoms with E-state index in [1.54, 1.807) is 6.20 Å². The number of hydrogen-bond donors (Lipinski definition) is 2. The van der Waals surface area contributed by atoms with E-state index < -0.39 is 0 Å². The molecule has 0 spiro atoms. The first kappa shape index (κ1) is 19.1. The molecule has 0 fully saturated rings. The van der Waals surface area contributed by atoms with Gasteiger partial charge in [-0.1, -0.05) is 35.6 Å². The molecule has 3 N–H and O–H groups in total. The number of hydrogen-bond acceptors (Lipinski definition) is 6. The number of carbonyl (C=O) groups is 1. The van der Waals surface area contributed by atoms with Gasteiger partial charge >= 0.3 is 0 Å². The molecular formula is C24H19N5OS. The predicted molar refractivity (Wildman–Crippen MR) is 126 cm³/mol. The third kappa shape index (κ3) is 3.60. The minimum absolute atomic E-state index is 0.185. The molecule has 2 aromatic heterocycles. The zero-order chi connectivity index (χ0) is 21.5. The number of thiazole rings is 1. The van der Waals surface area contributed by atoms with Gasteiger partial charge in [-0.05, 0) is 66.4 Å². The first-order valence-corrected chi connectivity index (χ1v) is 10.6. The molecule has 5 rings (SSSR count). The summed E-state index contributed by atoms with van der Waals surface area (Å²) in [6, 6.07) is 17.6. The van der Waals surface area contributed by atoms with Crippen LogP contribution < -0.4 is 11.1 Å². The Morgan fingerprint density at radius 3 is 2.71 bits per heavy atom. The van der Waals surface area contributed by atoms with Gasteiger partial charge in [-0.15, -0.1) is 0 Å². The average Bonchev–Trinajstić information content (AvgIpc) is 3.17. The van der Waals surface area contributed by atoms with Gasteiger partial charge in [0.25, 0.3) is 5.91 Å². The molecule has 7 heteroatoms. The van der Waals surface area contributed by atoms with E-state index in [4.69, 9.17) is 5.73 Å². The standard InChI is InChI=1S/C24H19N5OS/c1-13-6-7-16(22(30)29-24-28-21-14(2)4-3-5-20(21)31-24)11-18(13)15-8-9-19-17(10-15)12-26-23(25)27-19/h3-12H,1-2H3,(H2,25,26,27)(H,28,29,30). The fourth-order valence-corrected chi connectivity index (χ4v) is 4.54. The maximum Gasteiger partial charge on any atom is 0.257 e. The summed E-state index contributed by atoms with van der Waals surface area (Å²) in [5, 5.41) is 4.43. The summed E-state index contributed by atoms with van der Waals surface area (Å²) in [6.07, 6.45) is 1.71. The number of fused-ring (bicyclic) bond motifs is 2. The van der Waals surface area contributed by atoms with Crippen molar-refractivity contribution in [1.82, 2.24) is 15.0 Å². The number of para-hydroxylation sites is 1. The number of nitrogens with zero attached hydrogens (tertiary/aromatic N) is 3. The van der Waals surface area contributed by atoms with Gasteiger partial charge in [-0.2, -0.15) is 0 Å². The minimum atomic E-state index is -0.185. The van der Waals surface area contributed by atoms with E-state index in [-0.39, 0.29) is 11.9 Å². The number of nitrogens with two attached hydrogens (primary N) is 1. The molecule has 6 nitrogen and oxygen atoms in total. The van der Waals surface area contributed by atoms with Crippen molar-refractivity contribution in [2.24, 2.45) is 0 Å². The van der Waals surface area contributed by atoms with Gasteiger partial charge in [0.15, 0.2) is 5.13 Å². The molecule has 0 bridgehead atoms. The number of rotatable bonds is 3. The maximum absolute atomic E-state index is 12.9.